The lowest BCUT2D eigenvalue weighted by Gasteiger charge is -2.29. The molecule has 4 aromatic rings. The van der Waals surface area contributed by atoms with Crippen LogP contribution in [0.3, 0.4) is 0 Å². The maximum Gasteiger partial charge on any atom is 0.329 e. The minimum atomic E-state index is 0.0177. The molecule has 8 heteroatoms. The van der Waals surface area contributed by atoms with Crippen molar-refractivity contribution in [1.82, 2.24) is 24.0 Å². The molecule has 4 heterocycles. The molecule has 0 amide bonds. The van der Waals surface area contributed by atoms with Crippen LogP contribution in [0.5, 0.6) is 0 Å². The van der Waals surface area contributed by atoms with Gasteiger partial charge in [0.1, 0.15) is 5.82 Å². The average Bonchev–Trinajstić information content (AvgIpc) is 3.52. The molecular weight excluding hydrogens is 464 g/mol. The molecule has 1 aromatic carbocycles. The fraction of sp³-hybridized carbons (Fsp3) is 0.483. The van der Waals surface area contributed by atoms with Gasteiger partial charge in [-0.05, 0) is 76.0 Å². The van der Waals surface area contributed by atoms with Gasteiger partial charge < -0.3 is 14.5 Å². The molecule has 6 rings (SSSR count). The van der Waals surface area contributed by atoms with Crippen molar-refractivity contribution < 1.29 is 4.74 Å². The van der Waals surface area contributed by atoms with Crippen LogP contribution in [0.2, 0.25) is 0 Å². The Morgan fingerprint density at radius 1 is 1.03 bits per heavy atom. The smallest absolute Gasteiger partial charge is 0.329 e. The van der Waals surface area contributed by atoms with E-state index < -0.39 is 0 Å². The second kappa shape index (κ2) is 9.58. The van der Waals surface area contributed by atoms with E-state index in [1.165, 1.54) is 0 Å². The van der Waals surface area contributed by atoms with Gasteiger partial charge in [-0.2, -0.15) is 0 Å². The van der Waals surface area contributed by atoms with Crippen molar-refractivity contribution in [3.63, 3.8) is 0 Å². The van der Waals surface area contributed by atoms with Crippen molar-refractivity contribution in [2.24, 2.45) is 7.05 Å². The van der Waals surface area contributed by atoms with Crippen LogP contribution >= 0.6 is 0 Å². The Kier molecular flexibility index (Phi) is 6.24. The van der Waals surface area contributed by atoms with Crippen LogP contribution < -0.4 is 10.6 Å². The van der Waals surface area contributed by atoms with Gasteiger partial charge in [-0.1, -0.05) is 6.07 Å². The Hall–Kier alpha value is -3.23. The predicted molar refractivity (Wildman–Crippen MR) is 148 cm³/mol. The van der Waals surface area contributed by atoms with E-state index in [9.17, 15) is 4.79 Å². The van der Waals surface area contributed by atoms with E-state index in [1.807, 2.05) is 24.0 Å². The molecule has 1 aliphatic carbocycles. The largest absolute Gasteiger partial charge is 0.381 e. The van der Waals surface area contributed by atoms with Gasteiger partial charge in [-0.15, -0.1) is 0 Å². The number of aryl methyl sites for hydroxylation is 1. The second-order valence-corrected chi connectivity index (χ2v) is 10.9. The standard InChI is InChI=1S/C29H36N6O2/c1-32(2)22-12-13-34(18-22)27-11-9-20(16-31-27)19-8-10-25-24(14-19)28-26(17-30-25)33(3)29(36)35(28)21-6-5-7-23(15-21)37-4/h8-11,14,16-17,21-23H,5-7,12-13,15,18H2,1-4H3/t21?,22-,23?/m1/s1. The van der Waals surface area contributed by atoms with E-state index in [0.717, 1.165) is 84.1 Å². The molecule has 194 valence electrons. The quantitative estimate of drug-likeness (QED) is 0.409. The summed E-state index contributed by atoms with van der Waals surface area (Å²) in [5.74, 6) is 1.03. The maximum atomic E-state index is 13.4. The number of anilines is 1. The number of nitrogens with zero attached hydrogens (tertiary/aromatic N) is 6. The molecule has 1 aliphatic heterocycles. The van der Waals surface area contributed by atoms with Crippen molar-refractivity contribution in [1.29, 1.82) is 0 Å². The Bertz CT molecular complexity index is 1490. The van der Waals surface area contributed by atoms with E-state index in [0.29, 0.717) is 6.04 Å². The van der Waals surface area contributed by atoms with Gasteiger partial charge in [-0.25, -0.2) is 9.78 Å². The average molecular weight is 501 g/mol. The first-order valence-corrected chi connectivity index (χ1v) is 13.3. The molecule has 2 unspecified atom stereocenters. The number of rotatable bonds is 5. The first kappa shape index (κ1) is 24.1. The summed E-state index contributed by atoms with van der Waals surface area (Å²) < 4.78 is 9.42. The number of pyridine rings is 2. The molecular formula is C29H36N6O2. The van der Waals surface area contributed by atoms with Crippen LogP contribution in [0, 0.1) is 0 Å². The third kappa shape index (κ3) is 4.22. The highest BCUT2D eigenvalue weighted by Gasteiger charge is 2.28. The highest BCUT2D eigenvalue weighted by molar-refractivity contribution is 6.04. The molecule has 8 nitrogen and oxygen atoms in total. The predicted octanol–water partition coefficient (Wildman–Crippen LogP) is 4.22. The van der Waals surface area contributed by atoms with Gasteiger partial charge in [0.05, 0.1) is 28.9 Å². The zero-order valence-electron chi connectivity index (χ0n) is 22.2. The fourth-order valence-corrected chi connectivity index (χ4v) is 6.23. The van der Waals surface area contributed by atoms with Crippen molar-refractivity contribution in [2.75, 3.05) is 39.2 Å². The summed E-state index contributed by atoms with van der Waals surface area (Å²) in [6, 6.07) is 11.3. The van der Waals surface area contributed by atoms with Gasteiger partial charge >= 0.3 is 5.69 Å². The summed E-state index contributed by atoms with van der Waals surface area (Å²) in [6.45, 7) is 2.04. The number of likely N-dealkylation sites (N-methyl/N-ethyl adjacent to an activating group) is 1. The summed E-state index contributed by atoms with van der Waals surface area (Å²) in [5.41, 5.74) is 4.89. The maximum absolute atomic E-state index is 13.4. The molecule has 2 fully saturated rings. The van der Waals surface area contributed by atoms with Gasteiger partial charge in [0.15, 0.2) is 0 Å². The van der Waals surface area contributed by atoms with Crippen LogP contribution in [0.1, 0.15) is 38.1 Å². The highest BCUT2D eigenvalue weighted by Crippen LogP contribution is 2.35. The van der Waals surface area contributed by atoms with E-state index in [1.54, 1.807) is 11.7 Å². The molecule has 2 aliphatic rings. The SMILES string of the molecule is COC1CCCC(n2c(=O)n(C)c3cnc4ccc(-c5ccc(N6CC[C@@H](N(C)C)C6)nc5)cc4c32)C1. The number of aromatic nitrogens is 4. The van der Waals surface area contributed by atoms with Crippen LogP contribution in [-0.2, 0) is 11.8 Å². The molecule has 0 spiro atoms. The second-order valence-electron chi connectivity index (χ2n) is 10.9. The summed E-state index contributed by atoms with van der Waals surface area (Å²) in [5, 5.41) is 1.00. The molecule has 3 atom stereocenters. The van der Waals surface area contributed by atoms with Gasteiger partial charge in [0.25, 0.3) is 0 Å². The zero-order valence-corrected chi connectivity index (χ0v) is 22.2. The van der Waals surface area contributed by atoms with E-state index in [2.05, 4.69) is 54.2 Å². The molecule has 37 heavy (non-hydrogen) atoms. The molecule has 1 saturated heterocycles. The normalized spacial score (nSPS) is 22.5. The van der Waals surface area contributed by atoms with Gasteiger partial charge in [0, 0.05) is 56.5 Å². The van der Waals surface area contributed by atoms with Crippen LogP contribution in [0.15, 0.2) is 47.5 Å². The third-order valence-corrected chi connectivity index (χ3v) is 8.51. The molecule has 0 bridgehead atoms. The lowest BCUT2D eigenvalue weighted by atomic mass is 9.92. The zero-order chi connectivity index (χ0) is 25.7. The van der Waals surface area contributed by atoms with Crippen molar-refractivity contribution in [3.8, 4) is 11.1 Å². The number of hydrogen-bond donors (Lipinski definition) is 0. The minimum absolute atomic E-state index is 0.0177. The van der Waals surface area contributed by atoms with E-state index >= 15 is 0 Å². The summed E-state index contributed by atoms with van der Waals surface area (Å²) >= 11 is 0. The van der Waals surface area contributed by atoms with Crippen molar-refractivity contribution in [2.45, 2.75) is 50.3 Å². The Morgan fingerprint density at radius 3 is 2.59 bits per heavy atom. The minimum Gasteiger partial charge on any atom is -0.381 e. The summed E-state index contributed by atoms with van der Waals surface area (Å²) in [4.78, 5) is 27.6. The third-order valence-electron chi connectivity index (χ3n) is 8.51. The van der Waals surface area contributed by atoms with Crippen LogP contribution in [-0.4, -0.2) is 70.4 Å². The topological polar surface area (TPSA) is 68.4 Å². The van der Waals surface area contributed by atoms with Gasteiger partial charge in [0.2, 0.25) is 0 Å². The van der Waals surface area contributed by atoms with Crippen molar-refractivity contribution in [3.05, 3.63) is 53.2 Å². The molecule has 3 aromatic heterocycles. The monoisotopic (exact) mass is 500 g/mol. The number of benzene rings is 1. The van der Waals surface area contributed by atoms with Crippen LogP contribution in [0.4, 0.5) is 5.82 Å². The number of hydrogen-bond acceptors (Lipinski definition) is 6. The van der Waals surface area contributed by atoms with Crippen LogP contribution in [0.25, 0.3) is 33.1 Å². The summed E-state index contributed by atoms with van der Waals surface area (Å²) in [6.07, 6.45) is 9.11. The Balaban J connectivity index is 1.40. The molecule has 0 N–H and O–H groups in total. The fourth-order valence-electron chi connectivity index (χ4n) is 6.23. The van der Waals surface area contributed by atoms with E-state index in [-0.39, 0.29) is 17.8 Å². The lowest BCUT2D eigenvalue weighted by Crippen LogP contribution is -2.31. The first-order chi connectivity index (χ1) is 17.9. The Morgan fingerprint density at radius 2 is 1.86 bits per heavy atom. The number of fused-ring (bicyclic) bond motifs is 3. The number of ether oxygens (including phenoxy) is 1. The lowest BCUT2D eigenvalue weighted by molar-refractivity contribution is 0.0531. The van der Waals surface area contributed by atoms with Gasteiger partial charge in [-0.3, -0.25) is 14.1 Å². The number of imidazole rings is 1. The Labute approximate surface area is 217 Å². The van der Waals surface area contributed by atoms with E-state index in [4.69, 9.17) is 14.7 Å². The highest BCUT2D eigenvalue weighted by atomic mass is 16.5. The first-order valence-electron chi connectivity index (χ1n) is 13.3. The van der Waals surface area contributed by atoms with Crippen molar-refractivity contribution >= 4 is 27.8 Å². The molecule has 0 radical (unpaired) electrons. The molecule has 1 saturated carbocycles. The summed E-state index contributed by atoms with van der Waals surface area (Å²) in [7, 11) is 7.91. The number of methoxy groups -OCH3 is 1.